The van der Waals surface area contributed by atoms with E-state index < -0.39 is 17.7 Å². The molecule has 0 amide bonds. The average molecular weight is 258 g/mol. The summed E-state index contributed by atoms with van der Waals surface area (Å²) in [6.45, 7) is 2.01. The van der Waals surface area contributed by atoms with Crippen LogP contribution in [0.4, 0.5) is 4.39 Å². The van der Waals surface area contributed by atoms with E-state index in [2.05, 4.69) is 0 Å². The summed E-state index contributed by atoms with van der Waals surface area (Å²) in [5.41, 5.74) is 1.07. The molecule has 0 aliphatic heterocycles. The van der Waals surface area contributed by atoms with Crippen molar-refractivity contribution in [1.82, 2.24) is 0 Å². The van der Waals surface area contributed by atoms with Gasteiger partial charge in [-0.1, -0.05) is 48.5 Å². The summed E-state index contributed by atoms with van der Waals surface area (Å²) in [7, 11) is 0. The van der Waals surface area contributed by atoms with Crippen LogP contribution < -0.4 is 0 Å². The van der Waals surface area contributed by atoms with Gasteiger partial charge >= 0.3 is 5.97 Å². The van der Waals surface area contributed by atoms with Crippen LogP contribution in [0.2, 0.25) is 0 Å². The van der Waals surface area contributed by atoms with E-state index in [0.717, 1.165) is 5.56 Å². The molecule has 3 heteroatoms. The maximum atomic E-state index is 13.9. The molecule has 0 N–H and O–H groups in total. The molecule has 98 valence electrons. The number of carbonyl (C=O) groups excluding carboxylic acids is 1. The lowest BCUT2D eigenvalue weighted by atomic mass is 9.91. The fourth-order valence-electron chi connectivity index (χ4n) is 2.02. The lowest BCUT2D eigenvalue weighted by molar-refractivity contribution is -0.143. The second-order valence-corrected chi connectivity index (χ2v) is 4.12. The fraction of sp³-hybridized carbons (Fsp3) is 0.188. The van der Waals surface area contributed by atoms with E-state index in [4.69, 9.17) is 4.74 Å². The second kappa shape index (κ2) is 6.14. The standard InChI is InChI=1S/C16H15FO2/c1-2-19-16(18)15(12-8-4-3-5-9-12)13-10-6-7-11-14(13)17/h3-11,15H,2H2,1H3. The maximum absolute atomic E-state index is 13.9. The molecule has 0 heterocycles. The maximum Gasteiger partial charge on any atom is 0.318 e. The lowest BCUT2D eigenvalue weighted by Crippen LogP contribution is -2.18. The zero-order valence-corrected chi connectivity index (χ0v) is 10.7. The van der Waals surface area contributed by atoms with Crippen molar-refractivity contribution in [3.63, 3.8) is 0 Å². The molecule has 0 aliphatic rings. The first kappa shape index (κ1) is 13.3. The van der Waals surface area contributed by atoms with Gasteiger partial charge in [-0.2, -0.15) is 0 Å². The molecule has 1 atom stereocenters. The molecule has 2 aromatic carbocycles. The Morgan fingerprint density at radius 1 is 1.11 bits per heavy atom. The first-order valence-electron chi connectivity index (χ1n) is 6.20. The number of benzene rings is 2. The van der Waals surface area contributed by atoms with Gasteiger partial charge in [-0.05, 0) is 18.6 Å². The minimum atomic E-state index is -0.720. The summed E-state index contributed by atoms with van der Waals surface area (Å²) in [5.74, 6) is -1.55. The Morgan fingerprint density at radius 2 is 1.74 bits per heavy atom. The Balaban J connectivity index is 2.46. The summed E-state index contributed by atoms with van der Waals surface area (Å²) in [6.07, 6.45) is 0. The minimum absolute atomic E-state index is 0.274. The van der Waals surface area contributed by atoms with Gasteiger partial charge in [0.2, 0.25) is 0 Å². The summed E-state index contributed by atoms with van der Waals surface area (Å²) >= 11 is 0. The van der Waals surface area contributed by atoms with Crippen molar-refractivity contribution in [3.8, 4) is 0 Å². The second-order valence-electron chi connectivity index (χ2n) is 4.12. The predicted molar refractivity (Wildman–Crippen MR) is 71.3 cm³/mol. The van der Waals surface area contributed by atoms with E-state index in [1.54, 1.807) is 37.3 Å². The number of esters is 1. The number of carbonyl (C=O) groups is 1. The largest absolute Gasteiger partial charge is 0.465 e. The Morgan fingerprint density at radius 3 is 2.37 bits per heavy atom. The van der Waals surface area contributed by atoms with Crippen LogP contribution in [0.5, 0.6) is 0 Å². The third kappa shape index (κ3) is 2.99. The number of ether oxygens (including phenoxy) is 1. The van der Waals surface area contributed by atoms with Crippen LogP contribution in [0.15, 0.2) is 54.6 Å². The van der Waals surface area contributed by atoms with Crippen LogP contribution in [-0.2, 0) is 9.53 Å². The molecule has 1 unspecified atom stereocenters. The number of hydrogen-bond acceptors (Lipinski definition) is 2. The monoisotopic (exact) mass is 258 g/mol. The molecule has 19 heavy (non-hydrogen) atoms. The van der Waals surface area contributed by atoms with Crippen LogP contribution in [0.25, 0.3) is 0 Å². The summed E-state index contributed by atoms with van der Waals surface area (Å²) < 4.78 is 19.0. The van der Waals surface area contributed by atoms with Gasteiger partial charge in [0, 0.05) is 5.56 Å². The normalized spacial score (nSPS) is 11.9. The van der Waals surface area contributed by atoms with Crippen molar-refractivity contribution < 1.29 is 13.9 Å². The fourth-order valence-corrected chi connectivity index (χ4v) is 2.02. The summed E-state index contributed by atoms with van der Waals surface area (Å²) in [5, 5.41) is 0. The molecule has 0 saturated carbocycles. The highest BCUT2D eigenvalue weighted by molar-refractivity contribution is 5.82. The van der Waals surface area contributed by atoms with Crippen LogP contribution in [0.3, 0.4) is 0 Å². The van der Waals surface area contributed by atoms with Gasteiger partial charge in [0.1, 0.15) is 11.7 Å². The van der Waals surface area contributed by atoms with Crippen molar-refractivity contribution in [2.24, 2.45) is 0 Å². The lowest BCUT2D eigenvalue weighted by Gasteiger charge is -2.17. The van der Waals surface area contributed by atoms with Crippen molar-refractivity contribution in [1.29, 1.82) is 0 Å². The highest BCUT2D eigenvalue weighted by Crippen LogP contribution is 2.27. The summed E-state index contributed by atoms with van der Waals surface area (Å²) in [6, 6.07) is 15.4. The highest BCUT2D eigenvalue weighted by Gasteiger charge is 2.26. The highest BCUT2D eigenvalue weighted by atomic mass is 19.1. The van der Waals surface area contributed by atoms with Crippen molar-refractivity contribution >= 4 is 5.97 Å². The third-order valence-electron chi connectivity index (χ3n) is 2.87. The Kier molecular flexibility index (Phi) is 4.29. The van der Waals surface area contributed by atoms with E-state index in [1.807, 2.05) is 18.2 Å². The van der Waals surface area contributed by atoms with Gasteiger partial charge in [0.15, 0.2) is 0 Å². The topological polar surface area (TPSA) is 26.3 Å². The molecule has 2 aromatic rings. The molecular formula is C16H15FO2. The van der Waals surface area contributed by atoms with Crippen molar-refractivity contribution in [2.75, 3.05) is 6.61 Å². The Labute approximate surface area is 111 Å². The number of halogens is 1. The predicted octanol–water partition coefficient (Wildman–Crippen LogP) is 3.52. The summed E-state index contributed by atoms with van der Waals surface area (Å²) in [4.78, 5) is 12.1. The van der Waals surface area contributed by atoms with Crippen LogP contribution in [-0.4, -0.2) is 12.6 Å². The zero-order chi connectivity index (χ0) is 13.7. The molecule has 2 nitrogen and oxygen atoms in total. The van der Waals surface area contributed by atoms with E-state index in [1.165, 1.54) is 6.07 Å². The van der Waals surface area contributed by atoms with Gasteiger partial charge in [-0.25, -0.2) is 4.39 Å². The molecular weight excluding hydrogens is 243 g/mol. The zero-order valence-electron chi connectivity index (χ0n) is 10.7. The van der Waals surface area contributed by atoms with Crippen LogP contribution >= 0.6 is 0 Å². The van der Waals surface area contributed by atoms with Gasteiger partial charge in [0.05, 0.1) is 6.61 Å². The van der Waals surface area contributed by atoms with Gasteiger partial charge in [0.25, 0.3) is 0 Å². The van der Waals surface area contributed by atoms with Crippen molar-refractivity contribution in [3.05, 3.63) is 71.5 Å². The first-order chi connectivity index (χ1) is 9.24. The molecule has 0 aliphatic carbocycles. The molecule has 2 rings (SSSR count). The molecule has 0 fully saturated rings. The number of rotatable bonds is 4. The molecule has 0 spiro atoms. The Bertz CT molecular complexity index is 552. The third-order valence-corrected chi connectivity index (χ3v) is 2.87. The van der Waals surface area contributed by atoms with E-state index in [9.17, 15) is 9.18 Å². The Hall–Kier alpha value is -2.16. The smallest absolute Gasteiger partial charge is 0.318 e. The van der Waals surface area contributed by atoms with Gasteiger partial charge < -0.3 is 4.74 Å². The molecule has 0 saturated heterocycles. The average Bonchev–Trinajstić information content (AvgIpc) is 2.43. The SMILES string of the molecule is CCOC(=O)C(c1ccccc1)c1ccccc1F. The molecule has 0 bridgehead atoms. The minimum Gasteiger partial charge on any atom is -0.465 e. The molecule has 0 aromatic heterocycles. The van der Waals surface area contributed by atoms with Gasteiger partial charge in [-0.15, -0.1) is 0 Å². The van der Waals surface area contributed by atoms with E-state index in [0.29, 0.717) is 5.56 Å². The van der Waals surface area contributed by atoms with Crippen LogP contribution in [0, 0.1) is 5.82 Å². The quantitative estimate of drug-likeness (QED) is 0.784. The first-order valence-corrected chi connectivity index (χ1v) is 6.20. The van der Waals surface area contributed by atoms with E-state index in [-0.39, 0.29) is 6.61 Å². The van der Waals surface area contributed by atoms with Crippen LogP contribution in [0.1, 0.15) is 24.0 Å². The van der Waals surface area contributed by atoms with Crippen molar-refractivity contribution in [2.45, 2.75) is 12.8 Å². The van der Waals surface area contributed by atoms with Gasteiger partial charge in [-0.3, -0.25) is 4.79 Å². The molecule has 0 radical (unpaired) electrons. The number of hydrogen-bond donors (Lipinski definition) is 0. The van der Waals surface area contributed by atoms with E-state index >= 15 is 0 Å².